The summed E-state index contributed by atoms with van der Waals surface area (Å²) in [7, 11) is 3.77. The van der Waals surface area contributed by atoms with Crippen molar-refractivity contribution in [2.45, 2.75) is 19.8 Å². The van der Waals surface area contributed by atoms with E-state index in [-0.39, 0.29) is 13.2 Å². The van der Waals surface area contributed by atoms with E-state index in [9.17, 15) is 5.11 Å². The summed E-state index contributed by atoms with van der Waals surface area (Å²) in [6, 6.07) is 9.39. The molecule has 192 valence electrons. The van der Waals surface area contributed by atoms with Gasteiger partial charge in [0.1, 0.15) is 12.1 Å². The van der Waals surface area contributed by atoms with Gasteiger partial charge in [0.05, 0.1) is 43.1 Å². The third-order valence-electron chi connectivity index (χ3n) is 6.31. The minimum Gasteiger partial charge on any atom is -0.493 e. The van der Waals surface area contributed by atoms with Crippen molar-refractivity contribution in [1.82, 2.24) is 14.9 Å². The Labute approximate surface area is 216 Å². The molecule has 0 spiro atoms. The Bertz CT molecular complexity index is 1190. The average Bonchev–Trinajstić information content (AvgIpc) is 2.88. The van der Waals surface area contributed by atoms with Crippen molar-refractivity contribution in [3.63, 3.8) is 0 Å². The zero-order valence-corrected chi connectivity index (χ0v) is 21.7. The van der Waals surface area contributed by atoms with Crippen LogP contribution in [0.5, 0.6) is 11.5 Å². The van der Waals surface area contributed by atoms with Gasteiger partial charge in [-0.1, -0.05) is 23.7 Å². The number of aliphatic hydroxyl groups excluding tert-OH is 1. The van der Waals surface area contributed by atoms with Crippen LogP contribution in [-0.2, 0) is 0 Å². The summed E-state index contributed by atoms with van der Waals surface area (Å²) < 4.78 is 11.8. The number of nitrogens with one attached hydrogen (secondary N) is 2. The van der Waals surface area contributed by atoms with Gasteiger partial charge in [0, 0.05) is 11.5 Å². The van der Waals surface area contributed by atoms with Crippen LogP contribution in [0.2, 0.25) is 5.02 Å². The molecule has 4 rings (SSSR count). The van der Waals surface area contributed by atoms with Crippen LogP contribution in [0.1, 0.15) is 18.4 Å². The van der Waals surface area contributed by atoms with Crippen molar-refractivity contribution in [2.24, 2.45) is 10.9 Å². The number of para-hydroxylation sites is 1. The van der Waals surface area contributed by atoms with Gasteiger partial charge in [0.25, 0.3) is 0 Å². The highest BCUT2D eigenvalue weighted by Crippen LogP contribution is 2.35. The van der Waals surface area contributed by atoms with Crippen LogP contribution in [0.3, 0.4) is 0 Å². The Morgan fingerprint density at radius 2 is 2.00 bits per heavy atom. The van der Waals surface area contributed by atoms with Gasteiger partial charge < -0.3 is 30.1 Å². The van der Waals surface area contributed by atoms with Crippen molar-refractivity contribution in [3.05, 3.63) is 47.2 Å². The fourth-order valence-corrected chi connectivity index (χ4v) is 4.43. The largest absolute Gasteiger partial charge is 0.493 e. The first-order valence-corrected chi connectivity index (χ1v) is 12.4. The second-order valence-corrected chi connectivity index (χ2v) is 9.34. The molecule has 0 radical (unpaired) electrons. The molecule has 36 heavy (non-hydrogen) atoms. The number of anilines is 2. The summed E-state index contributed by atoms with van der Waals surface area (Å²) in [6.45, 7) is 4.89. The van der Waals surface area contributed by atoms with Crippen molar-refractivity contribution in [3.8, 4) is 11.5 Å². The number of nitrogens with zero attached hydrogens (tertiary/aromatic N) is 4. The standard InChI is InChI=1S/C26H33ClN6O3/c1-17-5-4-6-20(27)24(17)31-26(28-9-12-34)32-25-19-13-22(35-3)23(14-21(19)29-16-30-25)36-15-18-7-10-33(2)11-8-18/h4-6,13-14,16,18,34H,7-12,15H2,1-3H3,(H2,28,29,30,31,32). The molecule has 0 bridgehead atoms. The number of methoxy groups -OCH3 is 1. The summed E-state index contributed by atoms with van der Waals surface area (Å²) in [6.07, 6.45) is 3.73. The smallest absolute Gasteiger partial charge is 0.201 e. The lowest BCUT2D eigenvalue weighted by atomic mass is 9.98. The number of halogens is 1. The van der Waals surface area contributed by atoms with Gasteiger partial charge in [-0.05, 0) is 63.5 Å². The molecule has 1 aromatic heterocycles. The Balaban J connectivity index is 1.58. The monoisotopic (exact) mass is 512 g/mol. The van der Waals surface area contributed by atoms with Crippen LogP contribution in [0, 0.1) is 12.8 Å². The first kappa shape index (κ1) is 25.9. The zero-order valence-electron chi connectivity index (χ0n) is 20.9. The van der Waals surface area contributed by atoms with Crippen LogP contribution >= 0.6 is 11.6 Å². The predicted octanol–water partition coefficient (Wildman–Crippen LogP) is 4.19. The maximum absolute atomic E-state index is 9.34. The van der Waals surface area contributed by atoms with Crippen LogP contribution in [0.15, 0.2) is 41.7 Å². The fraction of sp³-hybridized carbons (Fsp3) is 0.423. The van der Waals surface area contributed by atoms with Crippen molar-refractivity contribution < 1.29 is 14.6 Å². The lowest BCUT2D eigenvalue weighted by Crippen LogP contribution is -2.32. The lowest BCUT2D eigenvalue weighted by Gasteiger charge is -2.28. The highest BCUT2D eigenvalue weighted by atomic mass is 35.5. The molecule has 0 aliphatic carbocycles. The first-order chi connectivity index (χ1) is 17.5. The molecular weight excluding hydrogens is 480 g/mol. The molecule has 0 saturated carbocycles. The van der Waals surface area contributed by atoms with Crippen molar-refractivity contribution >= 4 is 40.0 Å². The summed E-state index contributed by atoms with van der Waals surface area (Å²) in [4.78, 5) is 15.7. The number of aliphatic imine (C=N–C) groups is 1. The number of hydrogen-bond acceptors (Lipinski definition) is 7. The van der Waals surface area contributed by atoms with Crippen LogP contribution in [0.25, 0.3) is 10.9 Å². The number of likely N-dealkylation sites (tertiary alicyclic amines) is 1. The SMILES string of the molecule is COc1cc2c(NC(=NCCO)Nc3c(C)cccc3Cl)ncnc2cc1OCC1CCN(C)CC1. The van der Waals surface area contributed by atoms with Gasteiger partial charge in [-0.15, -0.1) is 0 Å². The minimum absolute atomic E-state index is 0.0926. The second kappa shape index (κ2) is 12.2. The van der Waals surface area contributed by atoms with E-state index in [2.05, 4.69) is 37.5 Å². The number of ether oxygens (including phenoxy) is 2. The Hall–Kier alpha value is -3.14. The van der Waals surface area contributed by atoms with E-state index >= 15 is 0 Å². The number of benzene rings is 2. The van der Waals surface area contributed by atoms with E-state index in [1.54, 1.807) is 13.2 Å². The quantitative estimate of drug-likeness (QED) is 0.305. The number of hydrogen-bond donors (Lipinski definition) is 3. The highest BCUT2D eigenvalue weighted by Gasteiger charge is 2.19. The van der Waals surface area contributed by atoms with E-state index in [0.29, 0.717) is 46.3 Å². The van der Waals surface area contributed by atoms with E-state index < -0.39 is 0 Å². The van der Waals surface area contributed by atoms with E-state index in [1.165, 1.54) is 6.33 Å². The molecule has 1 aliphatic rings. The van der Waals surface area contributed by atoms with Gasteiger partial charge in [0.2, 0.25) is 5.96 Å². The molecule has 1 fully saturated rings. The van der Waals surface area contributed by atoms with Gasteiger partial charge in [-0.2, -0.15) is 0 Å². The first-order valence-electron chi connectivity index (χ1n) is 12.1. The minimum atomic E-state index is -0.0926. The Kier molecular flexibility index (Phi) is 8.79. The molecular formula is C26H33ClN6O3. The molecule has 0 unspecified atom stereocenters. The fourth-order valence-electron chi connectivity index (χ4n) is 4.17. The number of piperidine rings is 1. The number of guanidine groups is 1. The highest BCUT2D eigenvalue weighted by molar-refractivity contribution is 6.34. The van der Waals surface area contributed by atoms with Crippen molar-refractivity contribution in [2.75, 3.05) is 57.6 Å². The molecule has 0 amide bonds. The van der Waals surface area contributed by atoms with Crippen LogP contribution < -0.4 is 20.1 Å². The third-order valence-corrected chi connectivity index (χ3v) is 6.62. The molecule has 9 nitrogen and oxygen atoms in total. The van der Waals surface area contributed by atoms with Gasteiger partial charge in [-0.3, -0.25) is 4.99 Å². The van der Waals surface area contributed by atoms with Crippen molar-refractivity contribution in [1.29, 1.82) is 0 Å². The summed E-state index contributed by atoms with van der Waals surface area (Å²) in [5.74, 6) is 2.73. The number of rotatable bonds is 8. The summed E-state index contributed by atoms with van der Waals surface area (Å²) >= 11 is 6.40. The topological polar surface area (TPSA) is 104 Å². The molecule has 10 heteroatoms. The number of fused-ring (bicyclic) bond motifs is 1. The van der Waals surface area contributed by atoms with Gasteiger partial charge in [0.15, 0.2) is 11.5 Å². The van der Waals surface area contributed by atoms with E-state index in [1.807, 2.05) is 31.2 Å². The summed E-state index contributed by atoms with van der Waals surface area (Å²) in [5, 5.41) is 17.1. The second-order valence-electron chi connectivity index (χ2n) is 8.94. The maximum Gasteiger partial charge on any atom is 0.201 e. The number of aromatic nitrogens is 2. The molecule has 0 atom stereocenters. The Morgan fingerprint density at radius 3 is 2.72 bits per heavy atom. The maximum atomic E-state index is 9.34. The van der Waals surface area contributed by atoms with Crippen LogP contribution in [-0.4, -0.2) is 72.9 Å². The van der Waals surface area contributed by atoms with Gasteiger partial charge >= 0.3 is 0 Å². The lowest BCUT2D eigenvalue weighted by molar-refractivity contribution is 0.157. The molecule has 3 N–H and O–H groups in total. The predicted molar refractivity (Wildman–Crippen MR) is 145 cm³/mol. The molecule has 2 aromatic carbocycles. The zero-order chi connectivity index (χ0) is 25.5. The summed E-state index contributed by atoms with van der Waals surface area (Å²) in [5.41, 5.74) is 2.40. The number of aliphatic hydroxyl groups is 1. The van der Waals surface area contributed by atoms with Gasteiger partial charge in [-0.25, -0.2) is 9.97 Å². The van der Waals surface area contributed by atoms with Crippen LogP contribution in [0.4, 0.5) is 11.5 Å². The molecule has 2 heterocycles. The number of aryl methyl sites for hydroxylation is 1. The molecule has 1 aliphatic heterocycles. The normalized spacial score (nSPS) is 15.2. The molecule has 1 saturated heterocycles. The Morgan fingerprint density at radius 1 is 1.19 bits per heavy atom. The van der Waals surface area contributed by atoms with E-state index in [0.717, 1.165) is 42.6 Å². The average molecular weight is 513 g/mol. The third kappa shape index (κ3) is 6.34. The van der Waals surface area contributed by atoms with E-state index in [4.69, 9.17) is 21.1 Å². The molecule has 3 aromatic rings.